The van der Waals surface area contributed by atoms with E-state index in [4.69, 9.17) is 31.0 Å². The average Bonchev–Trinajstić information content (AvgIpc) is 2.83. The fraction of sp³-hybridized carbons (Fsp3) is 0.214. The molecule has 4 rings (SSSR count). The van der Waals surface area contributed by atoms with Crippen LogP contribution >= 0.6 is 11.6 Å². The fourth-order valence-corrected chi connectivity index (χ4v) is 3.76. The summed E-state index contributed by atoms with van der Waals surface area (Å²) in [6.07, 6.45) is 0. The molecule has 0 unspecified atom stereocenters. The molecule has 0 N–H and O–H groups in total. The zero-order valence-corrected chi connectivity index (χ0v) is 20.3. The summed E-state index contributed by atoms with van der Waals surface area (Å²) in [4.78, 5) is 9.97. The number of halogens is 1. The third-order valence-electron chi connectivity index (χ3n) is 5.56. The minimum absolute atomic E-state index is 0.0686. The highest BCUT2D eigenvalue weighted by Crippen LogP contribution is 2.37. The van der Waals surface area contributed by atoms with Crippen molar-refractivity contribution in [2.45, 2.75) is 26.2 Å². The van der Waals surface area contributed by atoms with Gasteiger partial charge in [0.05, 0.1) is 19.9 Å². The molecule has 0 saturated carbocycles. The van der Waals surface area contributed by atoms with Crippen LogP contribution in [0.25, 0.3) is 33.8 Å². The largest absolute Gasteiger partial charge is 0.497 e. The lowest BCUT2D eigenvalue weighted by molar-refractivity contribution is 0.398. The molecular formula is C28H27ClN2O2. The van der Waals surface area contributed by atoms with E-state index in [0.29, 0.717) is 16.6 Å². The molecule has 0 aliphatic rings. The molecule has 0 aliphatic carbocycles. The number of hydrogen-bond acceptors (Lipinski definition) is 4. The van der Waals surface area contributed by atoms with Crippen LogP contribution in [0.1, 0.15) is 26.3 Å². The molecule has 0 bridgehead atoms. The Kier molecular flexibility index (Phi) is 6.39. The van der Waals surface area contributed by atoms with E-state index in [1.54, 1.807) is 14.2 Å². The Morgan fingerprint density at radius 1 is 0.606 bits per heavy atom. The summed E-state index contributed by atoms with van der Waals surface area (Å²) in [6.45, 7) is 6.61. The van der Waals surface area contributed by atoms with Crippen LogP contribution in [0.3, 0.4) is 0 Å². The number of ether oxygens (including phenoxy) is 2. The first-order valence-electron chi connectivity index (χ1n) is 10.8. The van der Waals surface area contributed by atoms with Gasteiger partial charge in [-0.1, -0.05) is 68.8 Å². The predicted octanol–water partition coefficient (Wildman–Crippen LogP) is 7.45. The number of benzene rings is 3. The van der Waals surface area contributed by atoms with E-state index in [1.807, 2.05) is 48.5 Å². The lowest BCUT2D eigenvalue weighted by Gasteiger charge is -2.20. The Labute approximate surface area is 200 Å². The molecule has 0 spiro atoms. The van der Waals surface area contributed by atoms with Gasteiger partial charge in [0.2, 0.25) is 5.88 Å². The van der Waals surface area contributed by atoms with E-state index < -0.39 is 0 Å². The van der Waals surface area contributed by atoms with E-state index >= 15 is 0 Å². The highest BCUT2D eigenvalue weighted by atomic mass is 35.5. The second-order valence-electron chi connectivity index (χ2n) is 8.84. The highest BCUT2D eigenvalue weighted by molar-refractivity contribution is 6.30. The van der Waals surface area contributed by atoms with E-state index in [9.17, 15) is 0 Å². The monoisotopic (exact) mass is 458 g/mol. The van der Waals surface area contributed by atoms with Crippen LogP contribution in [-0.4, -0.2) is 24.2 Å². The minimum atomic E-state index is 0.0686. The molecule has 0 amide bonds. The maximum absolute atomic E-state index is 6.10. The molecule has 0 aliphatic heterocycles. The Hall–Kier alpha value is -3.37. The Morgan fingerprint density at radius 2 is 1.09 bits per heavy atom. The second-order valence-corrected chi connectivity index (χ2v) is 9.28. The Balaban J connectivity index is 1.93. The van der Waals surface area contributed by atoms with Gasteiger partial charge in [-0.25, -0.2) is 9.97 Å². The highest BCUT2D eigenvalue weighted by Gasteiger charge is 2.20. The van der Waals surface area contributed by atoms with Crippen LogP contribution in [-0.2, 0) is 5.41 Å². The first kappa shape index (κ1) is 22.8. The van der Waals surface area contributed by atoms with Gasteiger partial charge < -0.3 is 9.47 Å². The van der Waals surface area contributed by atoms with E-state index in [1.165, 1.54) is 5.56 Å². The predicted molar refractivity (Wildman–Crippen MR) is 135 cm³/mol. The maximum atomic E-state index is 6.10. The van der Waals surface area contributed by atoms with Gasteiger partial charge in [-0.2, -0.15) is 0 Å². The standard InChI is InChI=1S/C28H27ClN2O2/c1-28(2,3)21-12-6-18(7-13-21)25-24(19-10-16-23(32-4)17-11-19)30-26(27(31-25)33-5)20-8-14-22(29)15-9-20/h6-17H,1-5H3. The molecule has 4 nitrogen and oxygen atoms in total. The number of nitrogens with zero attached hydrogens (tertiary/aromatic N) is 2. The van der Waals surface area contributed by atoms with E-state index in [-0.39, 0.29) is 5.41 Å². The summed E-state index contributed by atoms with van der Waals surface area (Å²) in [5, 5.41) is 0.664. The van der Waals surface area contributed by atoms with Gasteiger partial charge in [-0.05, 0) is 47.4 Å². The van der Waals surface area contributed by atoms with Crippen LogP contribution in [0, 0.1) is 0 Å². The minimum Gasteiger partial charge on any atom is -0.497 e. The third-order valence-corrected chi connectivity index (χ3v) is 5.81. The van der Waals surface area contributed by atoms with Crippen molar-refractivity contribution < 1.29 is 9.47 Å². The lowest BCUT2D eigenvalue weighted by atomic mass is 9.86. The summed E-state index contributed by atoms with van der Waals surface area (Å²) < 4.78 is 11.0. The molecule has 3 aromatic carbocycles. The normalized spacial score (nSPS) is 11.3. The van der Waals surface area contributed by atoms with E-state index in [2.05, 4.69) is 45.0 Å². The SMILES string of the molecule is COc1ccc(-c2nc(-c3ccc(Cl)cc3)c(OC)nc2-c2ccc(C(C)(C)C)cc2)cc1. The quantitative estimate of drug-likeness (QED) is 0.311. The molecule has 1 heterocycles. The van der Waals surface area contributed by atoms with Gasteiger partial charge >= 0.3 is 0 Å². The number of methoxy groups -OCH3 is 2. The second kappa shape index (κ2) is 9.24. The molecule has 4 aromatic rings. The first-order chi connectivity index (χ1) is 15.8. The number of aromatic nitrogens is 2. The van der Waals surface area contributed by atoms with E-state index in [0.717, 1.165) is 33.8 Å². The molecule has 0 saturated heterocycles. The average molecular weight is 459 g/mol. The number of rotatable bonds is 5. The van der Waals surface area contributed by atoms with Crippen molar-refractivity contribution in [1.29, 1.82) is 0 Å². The van der Waals surface area contributed by atoms with Gasteiger partial charge in [0, 0.05) is 21.7 Å². The van der Waals surface area contributed by atoms with Gasteiger partial charge in [0.1, 0.15) is 17.1 Å². The molecule has 33 heavy (non-hydrogen) atoms. The summed E-state index contributed by atoms with van der Waals surface area (Å²) >= 11 is 6.10. The lowest BCUT2D eigenvalue weighted by Crippen LogP contribution is -2.10. The van der Waals surface area contributed by atoms with Crippen LogP contribution in [0.2, 0.25) is 5.02 Å². The van der Waals surface area contributed by atoms with Gasteiger partial charge in [0.15, 0.2) is 0 Å². The summed E-state index contributed by atoms with van der Waals surface area (Å²) in [5.74, 6) is 1.25. The Morgan fingerprint density at radius 3 is 1.61 bits per heavy atom. The van der Waals surface area contributed by atoms with Crippen molar-refractivity contribution in [2.75, 3.05) is 14.2 Å². The maximum Gasteiger partial charge on any atom is 0.240 e. The van der Waals surface area contributed by atoms with Crippen LogP contribution < -0.4 is 9.47 Å². The molecule has 0 atom stereocenters. The smallest absolute Gasteiger partial charge is 0.240 e. The molecule has 0 fully saturated rings. The summed E-state index contributed by atoms with van der Waals surface area (Å²) in [7, 11) is 3.27. The summed E-state index contributed by atoms with van der Waals surface area (Å²) in [6, 6.07) is 23.8. The first-order valence-corrected chi connectivity index (χ1v) is 11.2. The van der Waals surface area contributed by atoms with Crippen molar-refractivity contribution in [3.63, 3.8) is 0 Å². The number of hydrogen-bond donors (Lipinski definition) is 0. The van der Waals surface area contributed by atoms with Gasteiger partial charge in [0.25, 0.3) is 0 Å². The molecule has 5 heteroatoms. The van der Waals surface area contributed by atoms with Crippen LogP contribution in [0.5, 0.6) is 11.6 Å². The zero-order valence-electron chi connectivity index (χ0n) is 19.5. The molecule has 0 radical (unpaired) electrons. The van der Waals surface area contributed by atoms with Gasteiger partial charge in [-0.15, -0.1) is 0 Å². The van der Waals surface area contributed by atoms with Crippen molar-refractivity contribution >= 4 is 11.6 Å². The molecule has 168 valence electrons. The summed E-state index contributed by atoms with van der Waals surface area (Å²) in [5.41, 5.74) is 6.32. The zero-order chi connectivity index (χ0) is 23.6. The van der Waals surface area contributed by atoms with Crippen LogP contribution in [0.4, 0.5) is 0 Å². The van der Waals surface area contributed by atoms with Crippen molar-refractivity contribution in [3.8, 4) is 45.4 Å². The van der Waals surface area contributed by atoms with Crippen molar-refractivity contribution in [1.82, 2.24) is 9.97 Å². The van der Waals surface area contributed by atoms with Gasteiger partial charge in [-0.3, -0.25) is 0 Å². The van der Waals surface area contributed by atoms with Crippen molar-refractivity contribution in [2.24, 2.45) is 0 Å². The molecular weight excluding hydrogens is 432 g/mol. The fourth-order valence-electron chi connectivity index (χ4n) is 3.64. The topological polar surface area (TPSA) is 44.2 Å². The van der Waals surface area contributed by atoms with Crippen LogP contribution in [0.15, 0.2) is 72.8 Å². The van der Waals surface area contributed by atoms with Crippen molar-refractivity contribution in [3.05, 3.63) is 83.4 Å². The third kappa shape index (κ3) is 4.86. The molecule has 1 aromatic heterocycles. The Bertz CT molecular complexity index is 1240.